The number of halogens is 2. The van der Waals surface area contributed by atoms with Gasteiger partial charge in [0, 0.05) is 28.8 Å². The van der Waals surface area contributed by atoms with Crippen LogP contribution in [0.15, 0.2) is 54.1 Å². The molecule has 150 valence electrons. The monoisotopic (exact) mass is 431 g/mol. The second-order valence-corrected chi connectivity index (χ2v) is 7.96. The summed E-state index contributed by atoms with van der Waals surface area (Å²) < 4.78 is 5.68. The fourth-order valence-corrected chi connectivity index (χ4v) is 4.22. The third-order valence-electron chi connectivity index (χ3n) is 5.28. The molecule has 0 aromatic heterocycles. The summed E-state index contributed by atoms with van der Waals surface area (Å²) in [5, 5.41) is 11.9. The van der Waals surface area contributed by atoms with E-state index in [-0.39, 0.29) is 24.0 Å². The van der Waals surface area contributed by atoms with E-state index in [9.17, 15) is 14.7 Å². The zero-order chi connectivity index (χ0) is 20.5. The van der Waals surface area contributed by atoms with Gasteiger partial charge in [0.1, 0.15) is 5.76 Å². The van der Waals surface area contributed by atoms with Crippen LogP contribution < -0.4 is 0 Å². The van der Waals surface area contributed by atoms with Gasteiger partial charge in [-0.15, -0.1) is 0 Å². The standard InChI is InChI=1S/C22H19Cl2NO4/c23-14-9-7-13(8-10-14)20(26)18-19(16-5-1-2-6-17(16)24)25(22(28)21(18)27)12-15-4-3-11-29-15/h1-2,5-10,15,19,26H,3-4,11-12H2. The number of aliphatic hydroxyl groups excluding tert-OH is 1. The Morgan fingerprint density at radius 3 is 2.48 bits per heavy atom. The Kier molecular flexibility index (Phi) is 5.63. The Balaban J connectivity index is 1.84. The topological polar surface area (TPSA) is 66.8 Å². The first-order valence-electron chi connectivity index (χ1n) is 9.37. The second kappa shape index (κ2) is 8.19. The van der Waals surface area contributed by atoms with Crippen LogP contribution in [0.25, 0.3) is 5.76 Å². The maximum atomic E-state index is 12.9. The molecule has 7 heteroatoms. The molecular formula is C22H19Cl2NO4. The summed E-state index contributed by atoms with van der Waals surface area (Å²) in [4.78, 5) is 27.3. The summed E-state index contributed by atoms with van der Waals surface area (Å²) in [6, 6.07) is 12.7. The van der Waals surface area contributed by atoms with E-state index < -0.39 is 17.7 Å². The minimum absolute atomic E-state index is 0.0171. The number of nitrogens with zero attached hydrogens (tertiary/aromatic N) is 1. The molecule has 2 atom stereocenters. The van der Waals surface area contributed by atoms with Crippen LogP contribution >= 0.6 is 23.2 Å². The Bertz CT molecular complexity index is 981. The average molecular weight is 432 g/mol. The number of ketones is 1. The molecule has 1 amide bonds. The number of aliphatic hydroxyl groups is 1. The van der Waals surface area contributed by atoms with Gasteiger partial charge in [0.25, 0.3) is 11.7 Å². The summed E-state index contributed by atoms with van der Waals surface area (Å²) in [6.07, 6.45) is 1.58. The van der Waals surface area contributed by atoms with Crippen LogP contribution in [-0.4, -0.2) is 41.0 Å². The van der Waals surface area contributed by atoms with Crippen LogP contribution in [0, 0.1) is 0 Å². The molecule has 4 rings (SSSR count). The van der Waals surface area contributed by atoms with Crippen LogP contribution in [0.5, 0.6) is 0 Å². The van der Waals surface area contributed by atoms with Crippen LogP contribution in [-0.2, 0) is 14.3 Å². The van der Waals surface area contributed by atoms with E-state index in [4.69, 9.17) is 27.9 Å². The minimum Gasteiger partial charge on any atom is -0.507 e. The number of hydrogen-bond donors (Lipinski definition) is 1. The van der Waals surface area contributed by atoms with E-state index in [0.29, 0.717) is 27.8 Å². The number of amides is 1. The summed E-state index contributed by atoms with van der Waals surface area (Å²) in [5.74, 6) is -1.65. The molecule has 0 bridgehead atoms. The van der Waals surface area contributed by atoms with Gasteiger partial charge in [-0.1, -0.05) is 41.4 Å². The molecule has 2 saturated heterocycles. The smallest absolute Gasteiger partial charge is 0.295 e. The fourth-order valence-electron chi connectivity index (χ4n) is 3.86. The second-order valence-electron chi connectivity index (χ2n) is 7.11. The van der Waals surface area contributed by atoms with Crippen molar-refractivity contribution in [2.24, 2.45) is 0 Å². The van der Waals surface area contributed by atoms with Crippen LogP contribution in [0.2, 0.25) is 10.0 Å². The van der Waals surface area contributed by atoms with Crippen molar-refractivity contribution in [3.63, 3.8) is 0 Å². The van der Waals surface area contributed by atoms with Crippen molar-refractivity contribution in [1.29, 1.82) is 0 Å². The third kappa shape index (κ3) is 3.78. The lowest BCUT2D eigenvalue weighted by molar-refractivity contribution is -0.140. The molecular weight excluding hydrogens is 413 g/mol. The van der Waals surface area contributed by atoms with E-state index in [1.807, 2.05) is 0 Å². The molecule has 0 radical (unpaired) electrons. The molecule has 2 fully saturated rings. The van der Waals surface area contributed by atoms with Crippen molar-refractivity contribution >= 4 is 40.7 Å². The van der Waals surface area contributed by atoms with Gasteiger partial charge in [0.2, 0.25) is 0 Å². The van der Waals surface area contributed by atoms with E-state index in [1.54, 1.807) is 48.5 Å². The summed E-state index contributed by atoms with van der Waals surface area (Å²) in [7, 11) is 0. The van der Waals surface area contributed by atoms with Gasteiger partial charge in [-0.05, 0) is 48.7 Å². The van der Waals surface area contributed by atoms with Gasteiger partial charge in [0.05, 0.1) is 17.7 Å². The number of carbonyl (C=O) groups is 2. The van der Waals surface area contributed by atoms with Crippen molar-refractivity contribution < 1.29 is 19.4 Å². The molecule has 2 aliphatic rings. The maximum Gasteiger partial charge on any atom is 0.295 e. The normalized spacial score (nSPS) is 23.7. The number of hydrogen-bond acceptors (Lipinski definition) is 4. The molecule has 0 aliphatic carbocycles. The van der Waals surface area contributed by atoms with E-state index in [1.165, 1.54) is 4.90 Å². The van der Waals surface area contributed by atoms with Gasteiger partial charge in [-0.25, -0.2) is 0 Å². The first kappa shape index (κ1) is 20.0. The number of Topliss-reactive ketones (excluding diaryl/α,β-unsaturated/α-hetero) is 1. The van der Waals surface area contributed by atoms with Crippen LogP contribution in [0.1, 0.15) is 30.0 Å². The van der Waals surface area contributed by atoms with E-state index in [2.05, 4.69) is 0 Å². The molecule has 2 aromatic rings. The highest BCUT2D eigenvalue weighted by molar-refractivity contribution is 6.47. The van der Waals surface area contributed by atoms with Gasteiger partial charge in [0.15, 0.2) is 0 Å². The molecule has 0 spiro atoms. The number of carbonyl (C=O) groups excluding carboxylic acids is 2. The lowest BCUT2D eigenvalue weighted by atomic mass is 9.95. The zero-order valence-corrected chi connectivity index (χ0v) is 17.0. The minimum atomic E-state index is -0.788. The predicted molar refractivity (Wildman–Crippen MR) is 111 cm³/mol. The maximum absolute atomic E-state index is 12.9. The van der Waals surface area contributed by atoms with Crippen molar-refractivity contribution in [3.8, 4) is 0 Å². The molecule has 0 saturated carbocycles. The highest BCUT2D eigenvalue weighted by Crippen LogP contribution is 2.42. The van der Waals surface area contributed by atoms with Crippen molar-refractivity contribution in [2.45, 2.75) is 25.0 Å². The quantitative estimate of drug-likeness (QED) is 0.436. The van der Waals surface area contributed by atoms with Gasteiger partial charge >= 0.3 is 0 Å². The zero-order valence-electron chi connectivity index (χ0n) is 15.5. The molecule has 1 N–H and O–H groups in total. The lowest BCUT2D eigenvalue weighted by Gasteiger charge is -2.28. The first-order chi connectivity index (χ1) is 14.0. The molecule has 2 aromatic carbocycles. The summed E-state index contributed by atoms with van der Waals surface area (Å²) in [5.41, 5.74) is 1.01. The van der Waals surface area contributed by atoms with Crippen LogP contribution in [0.3, 0.4) is 0 Å². The Labute approximate surface area is 178 Å². The van der Waals surface area contributed by atoms with Crippen LogP contribution in [0.4, 0.5) is 0 Å². The Morgan fingerprint density at radius 1 is 1.10 bits per heavy atom. The first-order valence-corrected chi connectivity index (χ1v) is 10.1. The Hall–Kier alpha value is -2.34. The number of benzene rings is 2. The highest BCUT2D eigenvalue weighted by atomic mass is 35.5. The average Bonchev–Trinajstić information content (AvgIpc) is 3.31. The molecule has 2 aliphatic heterocycles. The van der Waals surface area contributed by atoms with Crippen molar-refractivity contribution in [3.05, 3.63) is 75.3 Å². The van der Waals surface area contributed by atoms with E-state index in [0.717, 1.165) is 12.8 Å². The number of likely N-dealkylation sites (tertiary alicyclic amines) is 1. The molecule has 5 nitrogen and oxygen atoms in total. The van der Waals surface area contributed by atoms with E-state index >= 15 is 0 Å². The summed E-state index contributed by atoms with van der Waals surface area (Å²) in [6.45, 7) is 0.897. The largest absolute Gasteiger partial charge is 0.507 e. The number of ether oxygens (including phenoxy) is 1. The lowest BCUT2D eigenvalue weighted by Crippen LogP contribution is -2.36. The third-order valence-corrected chi connectivity index (χ3v) is 5.88. The number of rotatable bonds is 4. The highest BCUT2D eigenvalue weighted by Gasteiger charge is 2.47. The molecule has 2 heterocycles. The van der Waals surface area contributed by atoms with Gasteiger partial charge < -0.3 is 14.7 Å². The SMILES string of the molecule is O=C1C(=O)N(CC2CCCO2)C(c2ccccc2Cl)C1=C(O)c1ccc(Cl)cc1. The Morgan fingerprint density at radius 2 is 1.83 bits per heavy atom. The van der Waals surface area contributed by atoms with Crippen molar-refractivity contribution in [2.75, 3.05) is 13.2 Å². The summed E-state index contributed by atoms with van der Waals surface area (Å²) >= 11 is 12.3. The fraction of sp³-hybridized carbons (Fsp3) is 0.273. The van der Waals surface area contributed by atoms with Crippen molar-refractivity contribution in [1.82, 2.24) is 4.90 Å². The van der Waals surface area contributed by atoms with Gasteiger partial charge in [-0.3, -0.25) is 9.59 Å². The molecule has 29 heavy (non-hydrogen) atoms. The molecule has 2 unspecified atom stereocenters. The van der Waals surface area contributed by atoms with Gasteiger partial charge in [-0.2, -0.15) is 0 Å². The predicted octanol–water partition coefficient (Wildman–Crippen LogP) is 4.59.